The molecule has 1 radical (unpaired) electrons. The normalized spacial score (nSPS) is 11.7. The van der Waals surface area contributed by atoms with Gasteiger partial charge in [0.05, 0.1) is 0 Å². The second-order valence-corrected chi connectivity index (χ2v) is 37.8. The topological polar surface area (TPSA) is 62.7 Å². The highest BCUT2D eigenvalue weighted by Crippen LogP contribution is 2.34. The van der Waals surface area contributed by atoms with Crippen LogP contribution >= 0.6 is 0 Å². The molecule has 0 fully saturated rings. The lowest BCUT2D eigenvalue weighted by molar-refractivity contribution is 0.536. The fourth-order valence-corrected chi connectivity index (χ4v) is 18.8. The standard InChI is InChI=1S/C112H198N5/c1-8-14-20-26-32-38-44-50-56-62-68-74-80-86-102-96-106(97-103(87-81-75-69-63-57-51-45-39-33-27-21-15-9-2)108(102)90-84-78-72-66-60-54-48-42-36-30-24-18-12-5)113-111-115-110(101-94-92-100(7)93-95-101)116-112(117-111)114-107-98-104(88-82-76-70-64-58-52-46-40-34-28-22-16-10-3)109(91-85-79-73-67-61-55-49-43-37-31-25-19-13-6)105(99-107)89-83-77-71-65-59-53-47-41-35-29-23-17-11-4/h92-99H,7-91H2,1-6H3,(H2,113,114,115,116,117). The molecule has 4 rings (SSSR count). The van der Waals surface area contributed by atoms with E-state index in [0.717, 1.165) is 48.2 Å². The number of hydrogen-bond acceptors (Lipinski definition) is 5. The molecule has 0 atom stereocenters. The summed E-state index contributed by atoms with van der Waals surface area (Å²) in [6.45, 7) is 18.3. The van der Waals surface area contributed by atoms with E-state index < -0.39 is 0 Å². The lowest BCUT2D eigenvalue weighted by atomic mass is 9.89. The first kappa shape index (κ1) is 106. The van der Waals surface area contributed by atoms with E-state index in [0.29, 0.717) is 17.7 Å². The van der Waals surface area contributed by atoms with Gasteiger partial charge in [0.2, 0.25) is 11.9 Å². The molecular weight excluding hydrogens is 1420 g/mol. The molecule has 1 heterocycles. The van der Waals surface area contributed by atoms with E-state index in [2.05, 4.69) is 108 Å². The summed E-state index contributed by atoms with van der Waals surface area (Å²) in [6, 6.07) is 18.8. The van der Waals surface area contributed by atoms with E-state index in [1.54, 1.807) is 33.4 Å². The van der Waals surface area contributed by atoms with Gasteiger partial charge in [0, 0.05) is 16.9 Å². The first-order valence-corrected chi connectivity index (χ1v) is 53.4. The second kappa shape index (κ2) is 79.5. The lowest BCUT2D eigenvalue weighted by Crippen LogP contribution is -2.09. The van der Waals surface area contributed by atoms with Crippen LogP contribution in [0.15, 0.2) is 48.5 Å². The van der Waals surface area contributed by atoms with Gasteiger partial charge < -0.3 is 10.6 Å². The minimum atomic E-state index is 0.627. The van der Waals surface area contributed by atoms with Crippen LogP contribution in [0.3, 0.4) is 0 Å². The Morgan fingerprint density at radius 1 is 0.197 bits per heavy atom. The number of anilines is 4. The van der Waals surface area contributed by atoms with E-state index in [9.17, 15) is 0 Å². The molecule has 4 aromatic rings. The van der Waals surface area contributed by atoms with Crippen molar-refractivity contribution in [2.75, 3.05) is 10.6 Å². The van der Waals surface area contributed by atoms with Gasteiger partial charge in [-0.15, -0.1) is 0 Å². The highest BCUT2D eigenvalue weighted by atomic mass is 15.2. The molecule has 1 aromatic heterocycles. The van der Waals surface area contributed by atoms with Gasteiger partial charge in [-0.25, -0.2) is 0 Å². The highest BCUT2D eigenvalue weighted by molar-refractivity contribution is 5.66. The maximum absolute atomic E-state index is 5.46. The zero-order valence-electron chi connectivity index (χ0n) is 79.6. The summed E-state index contributed by atoms with van der Waals surface area (Å²) in [6.07, 6.45) is 115. The Morgan fingerprint density at radius 2 is 0.359 bits per heavy atom. The maximum Gasteiger partial charge on any atom is 0.232 e. The van der Waals surface area contributed by atoms with E-state index in [1.165, 1.54) is 514 Å². The van der Waals surface area contributed by atoms with Crippen LogP contribution in [0.5, 0.6) is 0 Å². The third kappa shape index (κ3) is 58.9. The lowest BCUT2D eigenvalue weighted by Gasteiger charge is -2.20. The third-order valence-corrected chi connectivity index (χ3v) is 26.5. The van der Waals surface area contributed by atoms with Crippen molar-refractivity contribution >= 4 is 23.3 Å². The number of rotatable bonds is 89. The van der Waals surface area contributed by atoms with Crippen LogP contribution in [0.2, 0.25) is 0 Å². The molecule has 0 unspecified atom stereocenters. The van der Waals surface area contributed by atoms with Crippen molar-refractivity contribution in [1.82, 2.24) is 15.0 Å². The molecule has 0 spiro atoms. The van der Waals surface area contributed by atoms with Crippen LogP contribution < -0.4 is 10.6 Å². The molecule has 0 saturated heterocycles. The fourth-order valence-electron chi connectivity index (χ4n) is 18.8. The summed E-state index contributed by atoms with van der Waals surface area (Å²) < 4.78 is 0. The van der Waals surface area contributed by atoms with Crippen LogP contribution in [-0.4, -0.2) is 15.0 Å². The molecular formula is C112H198N5. The summed E-state index contributed by atoms with van der Waals surface area (Å²) in [5.41, 5.74) is 14.0. The predicted octanol–water partition coefficient (Wildman–Crippen LogP) is 39.0. The molecule has 5 nitrogen and oxygen atoms in total. The van der Waals surface area contributed by atoms with Crippen LogP contribution in [0.25, 0.3) is 11.4 Å². The van der Waals surface area contributed by atoms with Crippen LogP contribution in [0.1, 0.15) is 581 Å². The number of aromatic nitrogens is 3. The number of unbranched alkanes of at least 4 members (excludes halogenated alkanes) is 72. The monoisotopic (exact) mass is 1610 g/mol. The zero-order chi connectivity index (χ0) is 83.1. The first-order chi connectivity index (χ1) is 57.9. The summed E-state index contributed by atoms with van der Waals surface area (Å²) >= 11 is 0. The van der Waals surface area contributed by atoms with Gasteiger partial charge in [-0.1, -0.05) is 528 Å². The van der Waals surface area contributed by atoms with Gasteiger partial charge in [-0.2, -0.15) is 15.0 Å². The van der Waals surface area contributed by atoms with E-state index in [4.69, 9.17) is 15.0 Å². The van der Waals surface area contributed by atoms with Crippen LogP contribution in [-0.2, 0) is 38.5 Å². The molecule has 0 saturated carbocycles. The Morgan fingerprint density at radius 3 is 0.538 bits per heavy atom. The van der Waals surface area contributed by atoms with Crippen molar-refractivity contribution in [3.63, 3.8) is 0 Å². The van der Waals surface area contributed by atoms with E-state index in [-0.39, 0.29) is 0 Å². The number of benzene rings is 3. The summed E-state index contributed by atoms with van der Waals surface area (Å²) in [5, 5.41) is 7.97. The molecule has 0 aliphatic heterocycles. The van der Waals surface area contributed by atoms with Crippen molar-refractivity contribution in [2.45, 2.75) is 581 Å². The van der Waals surface area contributed by atoms with Crippen molar-refractivity contribution in [2.24, 2.45) is 0 Å². The second-order valence-electron chi connectivity index (χ2n) is 37.8. The van der Waals surface area contributed by atoms with Crippen LogP contribution in [0.4, 0.5) is 23.3 Å². The molecule has 0 aliphatic carbocycles. The Labute approximate surface area is 731 Å². The largest absolute Gasteiger partial charge is 0.324 e. The molecule has 2 N–H and O–H groups in total. The first-order valence-electron chi connectivity index (χ1n) is 53.4. The van der Waals surface area contributed by atoms with E-state index in [1.807, 2.05) is 0 Å². The van der Waals surface area contributed by atoms with Crippen molar-refractivity contribution in [3.8, 4) is 11.4 Å². The van der Waals surface area contributed by atoms with Crippen molar-refractivity contribution in [3.05, 3.63) is 94.4 Å². The van der Waals surface area contributed by atoms with Crippen molar-refractivity contribution < 1.29 is 0 Å². The average Bonchev–Trinajstić information content (AvgIpc) is 0.806. The van der Waals surface area contributed by atoms with Gasteiger partial charge in [0.1, 0.15) is 0 Å². The fraction of sp³-hybridized carbons (Fsp3) is 0.804. The zero-order valence-corrected chi connectivity index (χ0v) is 79.6. The molecule has 671 valence electrons. The maximum atomic E-state index is 5.46. The Bertz CT molecular complexity index is 2520. The number of nitrogens with one attached hydrogen (secondary N) is 2. The van der Waals surface area contributed by atoms with Gasteiger partial charge in [-0.05, 0) is 147 Å². The SMILES string of the molecule is [CH2]c1ccc(-c2nc(Nc3cc(CCCCCCCCCCCCCCC)c(CCCCCCCCCCCCCCC)c(CCCCCCCCCCCCCCC)c3)nc(Nc3cc(CCCCCCCCCCCCCCC)c(CCCCCCCCCCCCCCC)c(CCCCCCCCCCCCCCC)c3)n2)cc1. The van der Waals surface area contributed by atoms with Gasteiger partial charge in [0.15, 0.2) is 5.82 Å². The van der Waals surface area contributed by atoms with Gasteiger partial charge >= 0.3 is 0 Å². The summed E-state index contributed by atoms with van der Waals surface area (Å²) in [5.74, 6) is 1.96. The molecule has 0 amide bonds. The quantitative estimate of drug-likeness (QED) is 0.0431. The molecule has 5 heteroatoms. The molecule has 3 aromatic carbocycles. The Hall–Kier alpha value is -3.73. The number of aryl methyl sites for hydroxylation is 4. The van der Waals surface area contributed by atoms with E-state index >= 15 is 0 Å². The molecule has 117 heavy (non-hydrogen) atoms. The minimum Gasteiger partial charge on any atom is -0.324 e. The summed E-state index contributed by atoms with van der Waals surface area (Å²) in [4.78, 5) is 16.2. The number of hydrogen-bond donors (Lipinski definition) is 2. The molecule has 0 aliphatic rings. The minimum absolute atomic E-state index is 0.627. The Kier molecular flexibility index (Phi) is 71.7. The molecule has 0 bridgehead atoms. The average molecular weight is 1610 g/mol. The number of nitrogens with zero attached hydrogens (tertiary/aromatic N) is 3. The van der Waals surface area contributed by atoms with Crippen molar-refractivity contribution in [1.29, 1.82) is 0 Å². The third-order valence-electron chi connectivity index (χ3n) is 26.5. The smallest absolute Gasteiger partial charge is 0.232 e. The van der Waals surface area contributed by atoms with Gasteiger partial charge in [0.25, 0.3) is 0 Å². The summed E-state index contributed by atoms with van der Waals surface area (Å²) in [7, 11) is 0. The Balaban J connectivity index is 1.71. The predicted molar refractivity (Wildman–Crippen MR) is 526 cm³/mol. The van der Waals surface area contributed by atoms with Gasteiger partial charge in [-0.3, -0.25) is 0 Å². The highest BCUT2D eigenvalue weighted by Gasteiger charge is 2.19. The van der Waals surface area contributed by atoms with Crippen LogP contribution in [0, 0.1) is 6.92 Å².